The highest BCUT2D eigenvalue weighted by Crippen LogP contribution is 2.30. The summed E-state index contributed by atoms with van der Waals surface area (Å²) in [5.41, 5.74) is 0.605. The summed E-state index contributed by atoms with van der Waals surface area (Å²) in [7, 11) is -3.53. The predicted octanol–water partition coefficient (Wildman–Crippen LogP) is 2.08. The molecule has 0 radical (unpaired) electrons. The summed E-state index contributed by atoms with van der Waals surface area (Å²) < 4.78 is 27.9. The molecule has 2 rings (SSSR count). The third kappa shape index (κ3) is 3.45. The van der Waals surface area contributed by atoms with E-state index in [1.165, 1.54) is 6.20 Å². The monoisotopic (exact) mass is 315 g/mol. The number of rotatable bonds is 6. The fourth-order valence-corrected chi connectivity index (χ4v) is 4.99. The molecule has 1 fully saturated rings. The van der Waals surface area contributed by atoms with Gasteiger partial charge in [0, 0.05) is 30.2 Å². The summed E-state index contributed by atoms with van der Waals surface area (Å²) in [4.78, 5) is 4.17. The zero-order valence-electron chi connectivity index (χ0n) is 11.8. The van der Waals surface area contributed by atoms with Crippen LogP contribution in [-0.4, -0.2) is 37.5 Å². The average Bonchev–Trinajstić information content (AvgIpc) is 2.86. The first-order chi connectivity index (χ1) is 9.58. The van der Waals surface area contributed by atoms with Gasteiger partial charge in [-0.2, -0.15) is 11.8 Å². The lowest BCUT2D eigenvalue weighted by Gasteiger charge is -2.20. The molecule has 2 unspecified atom stereocenters. The average molecular weight is 315 g/mol. The van der Waals surface area contributed by atoms with Crippen LogP contribution < -0.4 is 10.0 Å². The summed E-state index contributed by atoms with van der Waals surface area (Å²) in [5.74, 6) is 0. The molecule has 0 spiro atoms. The third-order valence-corrected chi connectivity index (χ3v) is 6.19. The standard InChI is InChI=1S/C13H21N3O2S2/c1-3-15-11-7-8-14-9-13(11)20(17,18)16-10-5-4-6-12(10)19-2/h7-10,12,16H,3-6H2,1-2H3,(H,14,15). The van der Waals surface area contributed by atoms with E-state index in [2.05, 4.69) is 15.0 Å². The molecule has 0 saturated heterocycles. The largest absolute Gasteiger partial charge is 0.384 e. The molecule has 5 nitrogen and oxygen atoms in total. The van der Waals surface area contributed by atoms with Gasteiger partial charge in [0.1, 0.15) is 4.90 Å². The maximum atomic E-state index is 12.5. The molecule has 1 aliphatic rings. The number of thioether (sulfide) groups is 1. The van der Waals surface area contributed by atoms with Crippen LogP contribution >= 0.6 is 11.8 Å². The van der Waals surface area contributed by atoms with Crippen LogP contribution in [0, 0.1) is 0 Å². The van der Waals surface area contributed by atoms with E-state index in [-0.39, 0.29) is 10.9 Å². The fourth-order valence-electron chi connectivity index (χ4n) is 2.54. The number of sulfonamides is 1. The van der Waals surface area contributed by atoms with Gasteiger partial charge in [-0.1, -0.05) is 6.42 Å². The van der Waals surface area contributed by atoms with Gasteiger partial charge in [0.25, 0.3) is 0 Å². The SMILES string of the molecule is CCNc1ccncc1S(=O)(=O)NC1CCCC1SC. The highest BCUT2D eigenvalue weighted by Gasteiger charge is 2.31. The van der Waals surface area contributed by atoms with Crippen molar-refractivity contribution in [2.75, 3.05) is 18.1 Å². The molecule has 20 heavy (non-hydrogen) atoms. The maximum Gasteiger partial charge on any atom is 0.244 e. The summed E-state index contributed by atoms with van der Waals surface area (Å²) in [6.07, 6.45) is 8.08. The van der Waals surface area contributed by atoms with Crippen LogP contribution in [0.5, 0.6) is 0 Å². The lowest BCUT2D eigenvalue weighted by atomic mass is 10.3. The maximum absolute atomic E-state index is 12.5. The molecular formula is C13H21N3O2S2. The Kier molecular flexibility index (Phi) is 5.29. The second kappa shape index (κ2) is 6.78. The Morgan fingerprint density at radius 3 is 2.95 bits per heavy atom. The zero-order chi connectivity index (χ0) is 14.6. The van der Waals surface area contributed by atoms with Gasteiger partial charge in [0.15, 0.2) is 0 Å². The molecular weight excluding hydrogens is 294 g/mol. The predicted molar refractivity (Wildman–Crippen MR) is 83.7 cm³/mol. The second-order valence-electron chi connectivity index (χ2n) is 4.84. The molecule has 7 heteroatoms. The van der Waals surface area contributed by atoms with Crippen LogP contribution in [0.3, 0.4) is 0 Å². The van der Waals surface area contributed by atoms with Gasteiger partial charge < -0.3 is 5.32 Å². The molecule has 1 heterocycles. The first-order valence-corrected chi connectivity index (χ1v) is 9.58. The van der Waals surface area contributed by atoms with Crippen LogP contribution in [0.15, 0.2) is 23.4 Å². The van der Waals surface area contributed by atoms with Crippen molar-refractivity contribution in [1.82, 2.24) is 9.71 Å². The fraction of sp³-hybridized carbons (Fsp3) is 0.615. The van der Waals surface area contributed by atoms with Gasteiger partial charge >= 0.3 is 0 Å². The molecule has 2 atom stereocenters. The van der Waals surface area contributed by atoms with Gasteiger partial charge in [-0.25, -0.2) is 13.1 Å². The van der Waals surface area contributed by atoms with Crippen molar-refractivity contribution in [1.29, 1.82) is 0 Å². The van der Waals surface area contributed by atoms with E-state index in [9.17, 15) is 8.42 Å². The molecule has 1 aromatic rings. The lowest BCUT2D eigenvalue weighted by molar-refractivity contribution is 0.555. The number of nitrogens with one attached hydrogen (secondary N) is 2. The Labute approximate surface area is 125 Å². The van der Waals surface area contributed by atoms with Crippen molar-refractivity contribution in [2.45, 2.75) is 42.4 Å². The Bertz CT molecular complexity index is 548. The number of nitrogens with zero attached hydrogens (tertiary/aromatic N) is 1. The van der Waals surface area contributed by atoms with E-state index < -0.39 is 10.0 Å². The van der Waals surface area contributed by atoms with Gasteiger partial charge in [-0.3, -0.25) is 4.98 Å². The van der Waals surface area contributed by atoms with Crippen molar-refractivity contribution in [3.05, 3.63) is 18.5 Å². The van der Waals surface area contributed by atoms with Crippen molar-refractivity contribution in [2.24, 2.45) is 0 Å². The van der Waals surface area contributed by atoms with E-state index >= 15 is 0 Å². The summed E-state index contributed by atoms with van der Waals surface area (Å²) in [6, 6.07) is 1.71. The summed E-state index contributed by atoms with van der Waals surface area (Å²) >= 11 is 1.73. The minimum absolute atomic E-state index is 0.0182. The number of anilines is 1. The topological polar surface area (TPSA) is 71.1 Å². The van der Waals surface area contributed by atoms with Crippen LogP contribution in [0.25, 0.3) is 0 Å². The van der Waals surface area contributed by atoms with E-state index in [4.69, 9.17) is 0 Å². The van der Waals surface area contributed by atoms with Crippen LogP contribution in [0.1, 0.15) is 26.2 Å². The smallest absolute Gasteiger partial charge is 0.244 e. The van der Waals surface area contributed by atoms with E-state index in [0.29, 0.717) is 17.5 Å². The number of hydrogen-bond donors (Lipinski definition) is 2. The van der Waals surface area contributed by atoms with Crippen LogP contribution in [-0.2, 0) is 10.0 Å². The van der Waals surface area contributed by atoms with E-state index in [1.807, 2.05) is 13.2 Å². The normalized spacial score (nSPS) is 22.9. The first-order valence-electron chi connectivity index (χ1n) is 6.81. The molecule has 2 N–H and O–H groups in total. The highest BCUT2D eigenvalue weighted by atomic mass is 32.2. The van der Waals surface area contributed by atoms with E-state index in [0.717, 1.165) is 19.3 Å². The first kappa shape index (κ1) is 15.6. The van der Waals surface area contributed by atoms with E-state index in [1.54, 1.807) is 24.0 Å². The molecule has 1 aliphatic carbocycles. The molecule has 0 aromatic carbocycles. The number of aromatic nitrogens is 1. The zero-order valence-corrected chi connectivity index (χ0v) is 13.4. The molecule has 0 bridgehead atoms. The lowest BCUT2D eigenvalue weighted by Crippen LogP contribution is -2.38. The van der Waals surface area contributed by atoms with Gasteiger partial charge in [-0.05, 0) is 32.1 Å². The minimum atomic E-state index is -3.53. The Morgan fingerprint density at radius 2 is 2.25 bits per heavy atom. The summed E-state index contributed by atoms with van der Waals surface area (Å²) in [6.45, 7) is 2.61. The number of pyridine rings is 1. The Hall–Kier alpha value is -0.790. The van der Waals surface area contributed by atoms with Crippen molar-refractivity contribution in [3.8, 4) is 0 Å². The Morgan fingerprint density at radius 1 is 1.45 bits per heavy atom. The third-order valence-electron chi connectivity index (χ3n) is 3.50. The Balaban J connectivity index is 2.22. The minimum Gasteiger partial charge on any atom is -0.384 e. The van der Waals surface area contributed by atoms with Crippen LogP contribution in [0.2, 0.25) is 0 Å². The number of hydrogen-bond acceptors (Lipinski definition) is 5. The molecule has 1 saturated carbocycles. The quantitative estimate of drug-likeness (QED) is 0.841. The molecule has 0 aliphatic heterocycles. The van der Waals surface area contributed by atoms with Crippen molar-refractivity contribution < 1.29 is 8.42 Å². The molecule has 0 amide bonds. The van der Waals surface area contributed by atoms with Gasteiger partial charge in [0.05, 0.1) is 5.69 Å². The molecule has 1 aromatic heterocycles. The highest BCUT2D eigenvalue weighted by molar-refractivity contribution is 7.99. The molecule has 112 valence electrons. The van der Waals surface area contributed by atoms with Crippen molar-refractivity contribution in [3.63, 3.8) is 0 Å². The second-order valence-corrected chi connectivity index (χ2v) is 7.59. The van der Waals surface area contributed by atoms with Gasteiger partial charge in [0.2, 0.25) is 10.0 Å². The van der Waals surface area contributed by atoms with Gasteiger partial charge in [-0.15, -0.1) is 0 Å². The summed E-state index contributed by atoms with van der Waals surface area (Å²) in [5, 5.41) is 3.43. The van der Waals surface area contributed by atoms with Crippen LogP contribution in [0.4, 0.5) is 5.69 Å². The van der Waals surface area contributed by atoms with Crippen molar-refractivity contribution >= 4 is 27.5 Å².